The number of hydrogen-bond donors (Lipinski definition) is 2. The lowest BCUT2D eigenvalue weighted by molar-refractivity contribution is -0.132. The van der Waals surface area contributed by atoms with Gasteiger partial charge in [-0.05, 0) is 37.5 Å². The molecule has 2 saturated carbocycles. The molecule has 0 atom stereocenters. The maximum Gasteiger partial charge on any atom is 0.328 e. The highest BCUT2D eigenvalue weighted by molar-refractivity contribution is 5.81. The summed E-state index contributed by atoms with van der Waals surface area (Å²) in [4.78, 5) is 20.1. The maximum absolute atomic E-state index is 10.8. The molecule has 0 radical (unpaired) electrons. The van der Waals surface area contributed by atoms with E-state index >= 15 is 0 Å². The molecule has 2 aliphatic rings. The average molecular weight is 280 g/mol. The van der Waals surface area contributed by atoms with Crippen molar-refractivity contribution in [3.05, 3.63) is 24.3 Å². The Labute approximate surface area is 120 Å². The van der Waals surface area contributed by atoms with Gasteiger partial charge in [0.25, 0.3) is 0 Å². The van der Waals surface area contributed by atoms with Gasteiger partial charge in [0, 0.05) is 12.2 Å². The quantitative estimate of drug-likeness (QED) is 0.771. The first-order valence-corrected chi connectivity index (χ1v) is 7.34. The van der Waals surface area contributed by atoms with Gasteiger partial charge < -0.3 is 10.2 Å². The molecule has 0 aromatic heterocycles. The number of allylic oxidation sites excluding steroid dienone is 1. The first kappa shape index (κ1) is 16.5. The van der Waals surface area contributed by atoms with Crippen LogP contribution in [0.1, 0.15) is 51.4 Å². The van der Waals surface area contributed by atoms with E-state index in [4.69, 9.17) is 10.2 Å². The smallest absolute Gasteiger partial charge is 0.328 e. The van der Waals surface area contributed by atoms with Crippen LogP contribution in [0.3, 0.4) is 0 Å². The van der Waals surface area contributed by atoms with E-state index in [1.54, 1.807) is 0 Å². The van der Waals surface area contributed by atoms with Gasteiger partial charge in [-0.1, -0.05) is 37.8 Å². The summed E-state index contributed by atoms with van der Waals surface area (Å²) in [6.45, 7) is 2.96. The normalized spacial score (nSPS) is 19.0. The number of aliphatic carboxylic acids is 2. The third-order valence-corrected chi connectivity index (χ3v) is 4.12. The van der Waals surface area contributed by atoms with Gasteiger partial charge in [-0.2, -0.15) is 0 Å². The predicted molar refractivity (Wildman–Crippen MR) is 77.5 cm³/mol. The van der Waals surface area contributed by atoms with Gasteiger partial charge >= 0.3 is 11.9 Å². The molecule has 0 aromatic carbocycles. The van der Waals surface area contributed by atoms with Crippen molar-refractivity contribution in [1.29, 1.82) is 0 Å². The Morgan fingerprint density at radius 3 is 1.45 bits per heavy atom. The lowest BCUT2D eigenvalue weighted by atomic mass is 9.85. The first-order chi connectivity index (χ1) is 9.54. The first-order valence-electron chi connectivity index (χ1n) is 7.34. The molecular formula is C16H24O4. The second-order valence-electron chi connectivity index (χ2n) is 5.49. The Balaban J connectivity index is 0.000000347. The Kier molecular flexibility index (Phi) is 7.05. The molecule has 2 rings (SSSR count). The highest BCUT2D eigenvalue weighted by atomic mass is 16.4. The Morgan fingerprint density at radius 2 is 1.20 bits per heavy atom. The van der Waals surface area contributed by atoms with E-state index in [0.29, 0.717) is 11.8 Å². The van der Waals surface area contributed by atoms with Gasteiger partial charge in [-0.3, -0.25) is 0 Å². The van der Waals surface area contributed by atoms with Crippen molar-refractivity contribution in [1.82, 2.24) is 0 Å². The number of carboxylic acids is 2. The number of hydrogen-bond acceptors (Lipinski definition) is 2. The molecule has 20 heavy (non-hydrogen) atoms. The van der Waals surface area contributed by atoms with Crippen molar-refractivity contribution < 1.29 is 19.8 Å². The van der Waals surface area contributed by atoms with Crippen LogP contribution in [0.5, 0.6) is 0 Å². The molecule has 2 N–H and O–H groups in total. The Morgan fingerprint density at radius 1 is 0.850 bits per heavy atom. The second kappa shape index (κ2) is 8.56. The molecule has 0 unspecified atom stereocenters. The summed E-state index contributed by atoms with van der Waals surface area (Å²) in [7, 11) is 0. The molecule has 0 bridgehead atoms. The van der Waals surface area contributed by atoms with Gasteiger partial charge in [0.05, 0.1) is 0 Å². The molecule has 2 aliphatic carbocycles. The van der Waals surface area contributed by atoms with E-state index in [-0.39, 0.29) is 0 Å². The van der Waals surface area contributed by atoms with E-state index in [0.717, 1.165) is 6.08 Å². The molecule has 0 amide bonds. The minimum Gasteiger partial charge on any atom is -0.478 e. The largest absolute Gasteiger partial charge is 0.478 e. The molecular weight excluding hydrogens is 256 g/mol. The highest BCUT2D eigenvalue weighted by Gasteiger charge is 2.28. The summed E-state index contributed by atoms with van der Waals surface area (Å²) < 4.78 is 0. The number of carboxylic acid groups (broad SMARTS) is 2. The fraction of sp³-hybridized carbons (Fsp3) is 0.625. The summed E-state index contributed by atoms with van der Waals surface area (Å²) in [5.74, 6) is -0.554. The van der Waals surface area contributed by atoms with Crippen molar-refractivity contribution in [2.45, 2.75) is 51.4 Å². The van der Waals surface area contributed by atoms with Crippen molar-refractivity contribution in [2.75, 3.05) is 0 Å². The molecule has 4 nitrogen and oxygen atoms in total. The van der Waals surface area contributed by atoms with Crippen LogP contribution in [0, 0.1) is 11.8 Å². The van der Waals surface area contributed by atoms with Crippen molar-refractivity contribution in [3.63, 3.8) is 0 Å². The standard InChI is InChI=1S/C13H20O2.C3H4O2/c14-13(15)9-12(10-5-1-2-6-10)11-7-3-4-8-11;1-2-3(4)5/h9-11H,1-8H2,(H,14,15);2H,1H2,(H,4,5). The van der Waals surface area contributed by atoms with Gasteiger partial charge in [0.2, 0.25) is 0 Å². The SMILES string of the molecule is C=CC(=O)O.O=C(O)C=C(C1CCCC1)C1CCCC1. The van der Waals surface area contributed by atoms with Crippen LogP contribution in [-0.4, -0.2) is 22.2 Å². The van der Waals surface area contributed by atoms with Crippen LogP contribution in [0.4, 0.5) is 0 Å². The predicted octanol–water partition coefficient (Wildman–Crippen LogP) is 3.63. The van der Waals surface area contributed by atoms with Crippen LogP contribution in [0.25, 0.3) is 0 Å². The molecule has 0 spiro atoms. The van der Waals surface area contributed by atoms with Gasteiger partial charge in [0.1, 0.15) is 0 Å². The lowest BCUT2D eigenvalue weighted by Crippen LogP contribution is -2.10. The summed E-state index contributed by atoms with van der Waals surface area (Å²) >= 11 is 0. The molecule has 4 heteroatoms. The Hall–Kier alpha value is -1.58. The van der Waals surface area contributed by atoms with Gasteiger partial charge in [-0.25, -0.2) is 9.59 Å². The van der Waals surface area contributed by atoms with Crippen LogP contribution < -0.4 is 0 Å². The van der Waals surface area contributed by atoms with Crippen LogP contribution in [-0.2, 0) is 9.59 Å². The topological polar surface area (TPSA) is 74.6 Å². The fourth-order valence-corrected chi connectivity index (χ4v) is 3.23. The summed E-state index contributed by atoms with van der Waals surface area (Å²) in [5, 5.41) is 16.5. The number of rotatable bonds is 4. The molecule has 0 aromatic rings. The van der Waals surface area contributed by atoms with E-state index in [1.807, 2.05) is 0 Å². The molecule has 0 saturated heterocycles. The average Bonchev–Trinajstić information content (AvgIpc) is 3.09. The Bertz CT molecular complexity index is 354. The van der Waals surface area contributed by atoms with E-state index < -0.39 is 11.9 Å². The monoisotopic (exact) mass is 280 g/mol. The van der Waals surface area contributed by atoms with E-state index in [1.165, 1.54) is 63.0 Å². The van der Waals surface area contributed by atoms with Crippen molar-refractivity contribution in [2.24, 2.45) is 11.8 Å². The zero-order valence-corrected chi connectivity index (χ0v) is 11.9. The summed E-state index contributed by atoms with van der Waals surface area (Å²) in [6.07, 6.45) is 12.4. The molecule has 0 aliphatic heterocycles. The zero-order chi connectivity index (χ0) is 15.0. The van der Waals surface area contributed by atoms with E-state index in [2.05, 4.69) is 6.58 Å². The summed E-state index contributed by atoms with van der Waals surface area (Å²) in [5.41, 5.74) is 1.26. The minimum absolute atomic E-state index is 0.587. The molecule has 112 valence electrons. The summed E-state index contributed by atoms with van der Waals surface area (Å²) in [6, 6.07) is 0. The second-order valence-corrected chi connectivity index (χ2v) is 5.49. The highest BCUT2D eigenvalue weighted by Crippen LogP contribution is 2.41. The zero-order valence-electron chi connectivity index (χ0n) is 11.9. The molecule has 2 fully saturated rings. The van der Waals surface area contributed by atoms with Crippen molar-refractivity contribution >= 4 is 11.9 Å². The van der Waals surface area contributed by atoms with Crippen LogP contribution in [0.15, 0.2) is 24.3 Å². The molecule has 0 heterocycles. The maximum atomic E-state index is 10.8. The lowest BCUT2D eigenvalue weighted by Gasteiger charge is -2.20. The minimum atomic E-state index is -0.981. The third-order valence-electron chi connectivity index (χ3n) is 4.12. The van der Waals surface area contributed by atoms with Crippen molar-refractivity contribution in [3.8, 4) is 0 Å². The van der Waals surface area contributed by atoms with E-state index in [9.17, 15) is 9.59 Å². The van der Waals surface area contributed by atoms with Crippen LogP contribution >= 0.6 is 0 Å². The third kappa shape index (κ3) is 5.59. The number of carbonyl (C=O) groups is 2. The van der Waals surface area contributed by atoms with Gasteiger partial charge in [0.15, 0.2) is 0 Å². The van der Waals surface area contributed by atoms with Crippen LogP contribution in [0.2, 0.25) is 0 Å². The fourth-order valence-electron chi connectivity index (χ4n) is 3.23. The van der Waals surface area contributed by atoms with Gasteiger partial charge in [-0.15, -0.1) is 0 Å².